The molecular formula is C20H21N3O8S2. The van der Waals surface area contributed by atoms with Crippen LogP contribution in [-0.2, 0) is 20.2 Å². The predicted molar refractivity (Wildman–Crippen MR) is 117 cm³/mol. The zero-order valence-electron chi connectivity index (χ0n) is 17.1. The van der Waals surface area contributed by atoms with Gasteiger partial charge in [0.15, 0.2) is 11.6 Å². The van der Waals surface area contributed by atoms with Crippen LogP contribution in [0.15, 0.2) is 28.0 Å². The monoisotopic (exact) mass is 495 g/mol. The summed E-state index contributed by atoms with van der Waals surface area (Å²) in [5, 5.41) is 0. The molecule has 8 N–H and O–H groups in total. The third-order valence-electron chi connectivity index (χ3n) is 6.24. The molecule has 33 heavy (non-hydrogen) atoms. The van der Waals surface area contributed by atoms with Gasteiger partial charge < -0.3 is 17.2 Å². The van der Waals surface area contributed by atoms with Gasteiger partial charge in [-0.1, -0.05) is 0 Å². The maximum absolute atomic E-state index is 13.5. The quantitative estimate of drug-likeness (QED) is 0.256. The number of carbonyl (C=O) groups excluding carboxylic acids is 2. The number of nitrogen functional groups attached to an aromatic ring is 2. The second-order valence-corrected chi connectivity index (χ2v) is 11.0. The van der Waals surface area contributed by atoms with Crippen molar-refractivity contribution < 1.29 is 35.5 Å². The molecule has 4 rings (SSSR count). The summed E-state index contributed by atoms with van der Waals surface area (Å²) in [5.74, 6) is -2.09. The Morgan fingerprint density at radius 3 is 1.91 bits per heavy atom. The Kier molecular flexibility index (Phi) is 5.37. The molecule has 0 amide bonds. The Bertz CT molecular complexity index is 1440. The molecule has 2 aromatic carbocycles. The average molecular weight is 496 g/mol. The van der Waals surface area contributed by atoms with Gasteiger partial charge in [0.2, 0.25) is 0 Å². The molecule has 0 aromatic heterocycles. The molecule has 0 aliphatic heterocycles. The van der Waals surface area contributed by atoms with E-state index >= 15 is 0 Å². The van der Waals surface area contributed by atoms with Crippen LogP contribution >= 0.6 is 0 Å². The third kappa shape index (κ3) is 3.71. The lowest BCUT2D eigenvalue weighted by Crippen LogP contribution is -2.30. The van der Waals surface area contributed by atoms with Gasteiger partial charge in [-0.25, -0.2) is 0 Å². The molecule has 0 heterocycles. The predicted octanol–water partition coefficient (Wildman–Crippen LogP) is 1.10. The molecule has 0 radical (unpaired) electrons. The summed E-state index contributed by atoms with van der Waals surface area (Å²) in [6.07, 6.45) is 1.98. The second kappa shape index (κ2) is 7.60. The SMILES string of the molecule is Nc1c2c(c(C3CCC(N)CC3)c(N)c1S(=O)(=O)O)C(=O)c1cc(S(=O)(=O)O)ccc1C2=O. The maximum atomic E-state index is 13.5. The van der Waals surface area contributed by atoms with E-state index in [1.54, 1.807) is 0 Å². The minimum absolute atomic E-state index is 0.0555. The Hall–Kier alpha value is -2.84. The lowest BCUT2D eigenvalue weighted by atomic mass is 9.73. The van der Waals surface area contributed by atoms with E-state index in [-0.39, 0.29) is 28.3 Å². The summed E-state index contributed by atoms with van der Waals surface area (Å²) in [4.78, 5) is 25.4. The molecule has 176 valence electrons. The highest BCUT2D eigenvalue weighted by Crippen LogP contribution is 2.47. The van der Waals surface area contributed by atoms with Crippen molar-refractivity contribution in [2.45, 2.75) is 47.4 Å². The van der Waals surface area contributed by atoms with E-state index in [1.165, 1.54) is 0 Å². The number of hydrogen-bond donors (Lipinski definition) is 5. The standard InChI is InChI=1S/C20H21N3O8S2/c21-9-3-1-8(2-4-9)13-14-15(17(23)20(16(13)22)33(29,30)31)18(24)11-6-5-10(32(26,27)28)7-12(11)19(14)25/h5-9H,1-4,21-23H2,(H,26,27,28)(H,29,30,31). The first-order chi connectivity index (χ1) is 15.2. The van der Waals surface area contributed by atoms with Crippen molar-refractivity contribution in [1.82, 2.24) is 0 Å². The molecule has 13 heteroatoms. The molecule has 2 aliphatic carbocycles. The summed E-state index contributed by atoms with van der Waals surface area (Å²) in [5.41, 5.74) is 15.8. The lowest BCUT2D eigenvalue weighted by Gasteiger charge is -2.32. The fourth-order valence-corrected chi connectivity index (χ4v) is 5.98. The highest BCUT2D eigenvalue weighted by atomic mass is 32.2. The number of rotatable bonds is 3. The van der Waals surface area contributed by atoms with Gasteiger partial charge in [-0.05, 0) is 55.4 Å². The smallest absolute Gasteiger partial charge is 0.298 e. The highest BCUT2D eigenvalue weighted by molar-refractivity contribution is 7.86. The van der Waals surface area contributed by atoms with E-state index in [9.17, 15) is 35.5 Å². The van der Waals surface area contributed by atoms with Crippen LogP contribution in [0.3, 0.4) is 0 Å². The van der Waals surface area contributed by atoms with Crippen LogP contribution in [0.5, 0.6) is 0 Å². The molecule has 0 spiro atoms. The van der Waals surface area contributed by atoms with Crippen molar-refractivity contribution >= 4 is 43.2 Å². The molecule has 1 saturated carbocycles. The van der Waals surface area contributed by atoms with Gasteiger partial charge in [0.05, 0.1) is 21.8 Å². The van der Waals surface area contributed by atoms with Crippen molar-refractivity contribution in [3.63, 3.8) is 0 Å². The van der Waals surface area contributed by atoms with Crippen molar-refractivity contribution in [2.24, 2.45) is 5.73 Å². The number of anilines is 2. The fourth-order valence-electron chi connectivity index (χ4n) is 4.71. The summed E-state index contributed by atoms with van der Waals surface area (Å²) >= 11 is 0. The third-order valence-corrected chi connectivity index (χ3v) is 8.04. The zero-order chi connectivity index (χ0) is 24.5. The Balaban J connectivity index is 2.08. The normalized spacial score (nSPS) is 20.9. The summed E-state index contributed by atoms with van der Waals surface area (Å²) in [6, 6.07) is 2.75. The lowest BCUT2D eigenvalue weighted by molar-refractivity contribution is 0.0978. The molecule has 0 bridgehead atoms. The number of carbonyl (C=O) groups is 2. The first kappa shape index (κ1) is 23.3. The van der Waals surface area contributed by atoms with Crippen LogP contribution in [0.1, 0.15) is 69.0 Å². The van der Waals surface area contributed by atoms with Crippen LogP contribution in [0.25, 0.3) is 0 Å². The summed E-state index contributed by atoms with van der Waals surface area (Å²) < 4.78 is 66.5. The van der Waals surface area contributed by atoms with Crippen molar-refractivity contribution in [1.29, 1.82) is 0 Å². The summed E-state index contributed by atoms with van der Waals surface area (Å²) in [6.45, 7) is 0. The first-order valence-corrected chi connectivity index (χ1v) is 12.8. The minimum atomic E-state index is -4.96. The highest BCUT2D eigenvalue weighted by Gasteiger charge is 2.41. The van der Waals surface area contributed by atoms with Gasteiger partial charge in [-0.2, -0.15) is 16.8 Å². The average Bonchev–Trinajstić information content (AvgIpc) is 2.70. The van der Waals surface area contributed by atoms with E-state index in [4.69, 9.17) is 17.2 Å². The minimum Gasteiger partial charge on any atom is -0.397 e. The van der Waals surface area contributed by atoms with Crippen LogP contribution in [0.2, 0.25) is 0 Å². The van der Waals surface area contributed by atoms with Gasteiger partial charge in [-0.15, -0.1) is 0 Å². The largest absolute Gasteiger partial charge is 0.397 e. The number of fused-ring (bicyclic) bond motifs is 2. The molecular weight excluding hydrogens is 474 g/mol. The van der Waals surface area contributed by atoms with E-state index in [0.717, 1.165) is 18.2 Å². The van der Waals surface area contributed by atoms with E-state index in [2.05, 4.69) is 0 Å². The number of hydrogen-bond acceptors (Lipinski definition) is 9. The van der Waals surface area contributed by atoms with Crippen molar-refractivity contribution in [3.05, 3.63) is 46.0 Å². The van der Waals surface area contributed by atoms with Gasteiger partial charge in [0, 0.05) is 22.7 Å². The van der Waals surface area contributed by atoms with Crippen LogP contribution in [0, 0.1) is 0 Å². The van der Waals surface area contributed by atoms with Gasteiger partial charge in [0.1, 0.15) is 4.90 Å². The number of nitrogens with two attached hydrogens (primary N) is 3. The maximum Gasteiger partial charge on any atom is 0.298 e. The molecule has 1 fully saturated rings. The van der Waals surface area contributed by atoms with Crippen LogP contribution in [-0.4, -0.2) is 43.5 Å². The molecule has 2 aliphatic rings. The van der Waals surface area contributed by atoms with E-state index in [0.29, 0.717) is 25.7 Å². The first-order valence-electron chi connectivity index (χ1n) is 9.92. The van der Waals surface area contributed by atoms with Crippen molar-refractivity contribution in [3.8, 4) is 0 Å². The Labute approximate surface area is 189 Å². The van der Waals surface area contributed by atoms with E-state index < -0.39 is 64.4 Å². The zero-order valence-corrected chi connectivity index (χ0v) is 18.7. The number of benzene rings is 2. The Morgan fingerprint density at radius 2 is 1.36 bits per heavy atom. The summed E-state index contributed by atoms with van der Waals surface area (Å²) in [7, 11) is -9.64. The van der Waals surface area contributed by atoms with Gasteiger partial charge >= 0.3 is 0 Å². The molecule has 2 aromatic rings. The van der Waals surface area contributed by atoms with Crippen LogP contribution in [0.4, 0.5) is 11.4 Å². The molecule has 0 unspecified atom stereocenters. The Morgan fingerprint density at radius 1 is 0.788 bits per heavy atom. The topological polar surface area (TPSA) is 221 Å². The van der Waals surface area contributed by atoms with Crippen LogP contribution < -0.4 is 17.2 Å². The van der Waals surface area contributed by atoms with Gasteiger partial charge in [0.25, 0.3) is 20.2 Å². The molecule has 0 atom stereocenters. The van der Waals surface area contributed by atoms with Gasteiger partial charge in [-0.3, -0.25) is 18.7 Å². The molecule has 0 saturated heterocycles. The van der Waals surface area contributed by atoms with Crippen molar-refractivity contribution in [2.75, 3.05) is 11.5 Å². The molecule has 11 nitrogen and oxygen atoms in total. The second-order valence-electron chi connectivity index (χ2n) is 8.25. The fraction of sp³-hybridized carbons (Fsp3) is 0.300. The van der Waals surface area contributed by atoms with E-state index in [1.807, 2.05) is 0 Å². The number of ketones is 2.